The fourth-order valence-electron chi connectivity index (χ4n) is 1.98. The maximum absolute atomic E-state index is 11.8. The summed E-state index contributed by atoms with van der Waals surface area (Å²) in [6, 6.07) is 11.4. The molecule has 0 aromatic heterocycles. The van der Waals surface area contributed by atoms with E-state index >= 15 is 0 Å². The third kappa shape index (κ3) is 3.09. The molecule has 22 heavy (non-hydrogen) atoms. The lowest BCUT2D eigenvalue weighted by atomic mass is 10.2. The summed E-state index contributed by atoms with van der Waals surface area (Å²) in [5.41, 5.74) is 3.72. The third-order valence-corrected chi connectivity index (χ3v) is 3.01. The lowest BCUT2D eigenvalue weighted by Crippen LogP contribution is -2.31. The molecule has 0 spiro atoms. The molecule has 1 aliphatic rings. The number of aromatic hydroxyl groups is 1. The summed E-state index contributed by atoms with van der Waals surface area (Å²) in [7, 11) is 0. The monoisotopic (exact) mass is 295 g/mol. The number of nitrogens with one attached hydrogen (secondary N) is 2. The second-order valence-corrected chi connectivity index (χ2v) is 4.55. The van der Waals surface area contributed by atoms with Crippen molar-refractivity contribution in [3.05, 3.63) is 58.7 Å². The van der Waals surface area contributed by atoms with Gasteiger partial charge in [0.05, 0.1) is 17.3 Å². The first-order valence-electron chi connectivity index (χ1n) is 6.59. The molecule has 1 aliphatic heterocycles. The lowest BCUT2D eigenvalue weighted by Gasteiger charge is -2.03. The van der Waals surface area contributed by atoms with Gasteiger partial charge in [-0.3, -0.25) is 9.98 Å². The van der Waals surface area contributed by atoms with Gasteiger partial charge in [0.1, 0.15) is 17.8 Å². The van der Waals surface area contributed by atoms with Gasteiger partial charge in [-0.15, -0.1) is 0 Å². The zero-order valence-electron chi connectivity index (χ0n) is 11.5. The number of hydrogen-bond acceptors (Lipinski definition) is 5. The number of hydrazone groups is 1. The number of amides is 2. The van der Waals surface area contributed by atoms with E-state index in [2.05, 4.69) is 25.8 Å². The predicted molar refractivity (Wildman–Crippen MR) is 81.5 cm³/mol. The Morgan fingerprint density at radius 2 is 2.00 bits per heavy atom. The van der Waals surface area contributed by atoms with Gasteiger partial charge in [0.15, 0.2) is 0 Å². The van der Waals surface area contributed by atoms with Crippen molar-refractivity contribution in [1.82, 2.24) is 5.43 Å². The Labute approximate surface area is 125 Å². The molecule has 0 aliphatic carbocycles. The topological polar surface area (TPSA) is 98.4 Å². The predicted octanol–water partition coefficient (Wildman–Crippen LogP) is 0.758. The van der Waals surface area contributed by atoms with Crippen molar-refractivity contribution in [2.24, 2.45) is 15.1 Å². The molecule has 7 nitrogen and oxygen atoms in total. The normalized spacial score (nSPS) is 12.4. The number of urea groups is 1. The second-order valence-electron chi connectivity index (χ2n) is 4.55. The molecule has 0 atom stereocenters. The lowest BCUT2D eigenvalue weighted by molar-refractivity contribution is 0.252. The van der Waals surface area contributed by atoms with E-state index in [0.717, 1.165) is 10.9 Å². The van der Waals surface area contributed by atoms with Crippen molar-refractivity contribution in [3.8, 4) is 5.75 Å². The number of carbonyl (C=O) groups is 1. The summed E-state index contributed by atoms with van der Waals surface area (Å²) in [4.78, 5) is 20.2. The molecular formula is C15H13N5O2. The minimum atomic E-state index is -0.467. The fraction of sp³-hybridized carbons (Fsp3) is 0.0667. The van der Waals surface area contributed by atoms with E-state index < -0.39 is 6.03 Å². The van der Waals surface area contributed by atoms with Crippen LogP contribution < -0.4 is 21.5 Å². The maximum Gasteiger partial charge on any atom is 0.339 e. The molecule has 110 valence electrons. The molecule has 0 bridgehead atoms. The number of carbonyl (C=O) groups excluding carboxylic acids is 1. The summed E-state index contributed by atoms with van der Waals surface area (Å²) < 4.78 is 0. The van der Waals surface area contributed by atoms with E-state index in [4.69, 9.17) is 0 Å². The van der Waals surface area contributed by atoms with Crippen LogP contribution in [0, 0.1) is 0 Å². The number of benzene rings is 2. The van der Waals surface area contributed by atoms with E-state index in [1.54, 1.807) is 36.4 Å². The number of rotatable bonds is 3. The summed E-state index contributed by atoms with van der Waals surface area (Å²) in [5.74, 6) is 0.176. The van der Waals surface area contributed by atoms with Crippen LogP contribution in [-0.4, -0.2) is 24.0 Å². The van der Waals surface area contributed by atoms with Gasteiger partial charge in [0.25, 0.3) is 0 Å². The molecule has 0 saturated heterocycles. The summed E-state index contributed by atoms with van der Waals surface area (Å²) >= 11 is 0. The van der Waals surface area contributed by atoms with Crippen LogP contribution in [0.5, 0.6) is 5.75 Å². The number of anilines is 1. The second kappa shape index (κ2) is 6.04. The smallest absolute Gasteiger partial charge is 0.339 e. The molecule has 3 N–H and O–H groups in total. The van der Waals surface area contributed by atoms with Crippen LogP contribution >= 0.6 is 0 Å². The molecule has 0 unspecified atom stereocenters. The third-order valence-electron chi connectivity index (χ3n) is 3.01. The van der Waals surface area contributed by atoms with E-state index in [1.165, 1.54) is 6.21 Å². The van der Waals surface area contributed by atoms with Crippen molar-refractivity contribution in [3.63, 3.8) is 0 Å². The maximum atomic E-state index is 11.8. The molecule has 2 aromatic carbocycles. The Morgan fingerprint density at radius 3 is 2.82 bits per heavy atom. The first-order valence-corrected chi connectivity index (χ1v) is 6.59. The average molecular weight is 295 g/mol. The highest BCUT2D eigenvalue weighted by atomic mass is 16.3. The highest BCUT2D eigenvalue weighted by Gasteiger charge is 2.05. The molecule has 2 aromatic rings. The molecule has 1 heterocycles. The number of fused-ring (bicyclic) bond motifs is 1. The van der Waals surface area contributed by atoms with E-state index in [-0.39, 0.29) is 5.75 Å². The van der Waals surface area contributed by atoms with Crippen LogP contribution in [0.15, 0.2) is 57.6 Å². The largest absolute Gasteiger partial charge is 0.508 e. The zero-order valence-corrected chi connectivity index (χ0v) is 11.5. The van der Waals surface area contributed by atoms with Gasteiger partial charge < -0.3 is 10.4 Å². The number of phenolic OH excluding ortho intramolecular Hbond substituents is 1. The number of phenols is 1. The van der Waals surface area contributed by atoms with E-state index in [9.17, 15) is 9.90 Å². The van der Waals surface area contributed by atoms with E-state index in [1.807, 2.05) is 6.07 Å². The van der Waals surface area contributed by atoms with Crippen molar-refractivity contribution in [1.29, 1.82) is 0 Å². The minimum Gasteiger partial charge on any atom is -0.508 e. The van der Waals surface area contributed by atoms with Crippen molar-refractivity contribution < 1.29 is 9.90 Å². The zero-order chi connectivity index (χ0) is 15.4. The number of hydrogen-bond donors (Lipinski definition) is 3. The Kier molecular flexibility index (Phi) is 3.78. The van der Waals surface area contributed by atoms with Gasteiger partial charge in [-0.25, -0.2) is 10.2 Å². The summed E-state index contributed by atoms with van der Waals surface area (Å²) in [6.07, 6.45) is 1.48. The standard InChI is InChI=1S/C15H13N5O2/c21-11-6-4-10(5-7-11)8-18-20-15(22)19-13-3-1-2-12-14(13)17-9-16-12/h1-8,21H,9H2,(H2,19,20,22)/b18-8+. The highest BCUT2D eigenvalue weighted by Crippen LogP contribution is 2.07. The van der Waals surface area contributed by atoms with Crippen molar-refractivity contribution in [2.45, 2.75) is 0 Å². The fourth-order valence-corrected chi connectivity index (χ4v) is 1.98. The highest BCUT2D eigenvalue weighted by molar-refractivity contribution is 5.90. The first kappa shape index (κ1) is 13.7. The number of para-hydroxylation sites is 1. The van der Waals surface area contributed by atoms with Gasteiger partial charge in [0.2, 0.25) is 0 Å². The minimum absolute atomic E-state index is 0.176. The molecule has 7 heteroatoms. The van der Waals surface area contributed by atoms with Crippen molar-refractivity contribution >= 4 is 17.9 Å². The molecule has 0 fully saturated rings. The van der Waals surface area contributed by atoms with Crippen LogP contribution in [-0.2, 0) is 0 Å². The Balaban J connectivity index is 1.63. The Hall–Kier alpha value is -3.22. The van der Waals surface area contributed by atoms with Gasteiger partial charge in [-0.05, 0) is 42.0 Å². The number of nitrogens with zero attached hydrogens (tertiary/aromatic N) is 3. The summed E-state index contributed by atoms with van der Waals surface area (Å²) in [5, 5.41) is 17.1. The van der Waals surface area contributed by atoms with Gasteiger partial charge in [0, 0.05) is 0 Å². The van der Waals surface area contributed by atoms with Crippen molar-refractivity contribution in [2.75, 3.05) is 12.0 Å². The Morgan fingerprint density at radius 1 is 1.18 bits per heavy atom. The van der Waals surface area contributed by atoms with Crippen LogP contribution in [0.3, 0.4) is 0 Å². The SMILES string of the molecule is O=C(N/N=C/c1ccc(O)cc1)Nc1cccc2c1=NCN=2. The molecule has 2 amide bonds. The first-order chi connectivity index (χ1) is 10.7. The Bertz CT molecular complexity index is 843. The molecular weight excluding hydrogens is 282 g/mol. The molecule has 0 radical (unpaired) electrons. The van der Waals surface area contributed by atoms with Crippen LogP contribution in [0.25, 0.3) is 0 Å². The average Bonchev–Trinajstić information content (AvgIpc) is 2.99. The van der Waals surface area contributed by atoms with Crippen LogP contribution in [0.1, 0.15) is 5.56 Å². The van der Waals surface area contributed by atoms with Gasteiger partial charge in [-0.1, -0.05) is 6.07 Å². The quantitative estimate of drug-likeness (QED) is 0.575. The molecule has 3 rings (SSSR count). The molecule has 0 saturated carbocycles. The summed E-state index contributed by atoms with van der Waals surface area (Å²) in [6.45, 7) is 0.384. The van der Waals surface area contributed by atoms with Crippen LogP contribution in [0.2, 0.25) is 0 Å². The van der Waals surface area contributed by atoms with Gasteiger partial charge >= 0.3 is 6.03 Å². The van der Waals surface area contributed by atoms with Crippen LogP contribution in [0.4, 0.5) is 10.5 Å². The van der Waals surface area contributed by atoms with Gasteiger partial charge in [-0.2, -0.15) is 5.10 Å². The van der Waals surface area contributed by atoms with E-state index in [0.29, 0.717) is 17.7 Å².